The molecule has 0 fully saturated rings. The minimum Gasteiger partial charge on any atom is -0.410 e. The summed E-state index contributed by atoms with van der Waals surface area (Å²) in [6.07, 6.45) is 0.503. The van der Waals surface area contributed by atoms with Gasteiger partial charge in [0, 0.05) is 19.5 Å². The van der Waals surface area contributed by atoms with Crippen LogP contribution < -0.4 is 0 Å². The minimum atomic E-state index is -1.83. The fourth-order valence-corrected chi connectivity index (χ4v) is 3.74. The van der Waals surface area contributed by atoms with Crippen LogP contribution in [0.5, 0.6) is 0 Å². The molecule has 0 amide bonds. The molecule has 0 saturated heterocycles. The molecule has 0 spiro atoms. The average molecular weight is 298 g/mol. The van der Waals surface area contributed by atoms with Crippen molar-refractivity contribution in [1.29, 1.82) is 0 Å². The number of nitrogens with zero attached hydrogens (tertiary/aromatic N) is 1. The standard InChI is InChI=1S/C16H31NO2Si/c1-9-17(10-2)15-12(3)14(11-13(15)18)19-20(7,8)16(4,5)6/h14H,9-11H2,1-8H3/t14-/m1/s1. The molecule has 0 radical (unpaired) electrons. The minimum absolute atomic E-state index is 0.0148. The number of hydrogen-bond donors (Lipinski definition) is 0. The maximum Gasteiger partial charge on any atom is 0.192 e. The smallest absolute Gasteiger partial charge is 0.192 e. The Balaban J connectivity index is 2.99. The van der Waals surface area contributed by atoms with Crippen molar-refractivity contribution >= 4 is 14.1 Å². The number of carbonyl (C=O) groups is 1. The van der Waals surface area contributed by atoms with E-state index < -0.39 is 8.32 Å². The lowest BCUT2D eigenvalue weighted by Gasteiger charge is -2.38. The Morgan fingerprint density at radius 2 is 1.75 bits per heavy atom. The molecule has 1 aliphatic rings. The van der Waals surface area contributed by atoms with Crippen LogP contribution in [0.2, 0.25) is 18.1 Å². The van der Waals surface area contributed by atoms with Crippen LogP contribution in [0.3, 0.4) is 0 Å². The van der Waals surface area contributed by atoms with E-state index in [-0.39, 0.29) is 16.9 Å². The van der Waals surface area contributed by atoms with E-state index in [2.05, 4.69) is 59.5 Å². The van der Waals surface area contributed by atoms with Crippen LogP contribution in [0.15, 0.2) is 11.3 Å². The van der Waals surface area contributed by atoms with E-state index in [4.69, 9.17) is 4.43 Å². The summed E-state index contributed by atoms with van der Waals surface area (Å²) in [6.45, 7) is 19.2. The molecule has 0 heterocycles. The van der Waals surface area contributed by atoms with Gasteiger partial charge in [-0.1, -0.05) is 20.8 Å². The first-order valence-corrected chi connectivity index (χ1v) is 10.6. The third kappa shape index (κ3) is 3.34. The molecule has 0 aromatic carbocycles. The molecule has 0 aromatic rings. The number of Topliss-reactive ketones (excluding diaryl/α,β-unsaturated/α-hetero) is 1. The first-order valence-electron chi connectivity index (χ1n) is 7.71. The molecule has 3 nitrogen and oxygen atoms in total. The third-order valence-corrected chi connectivity index (χ3v) is 9.30. The molecule has 20 heavy (non-hydrogen) atoms. The lowest BCUT2D eigenvalue weighted by molar-refractivity contribution is -0.117. The van der Waals surface area contributed by atoms with Gasteiger partial charge in [0.25, 0.3) is 0 Å². The first-order chi connectivity index (χ1) is 9.05. The van der Waals surface area contributed by atoms with Gasteiger partial charge in [-0.3, -0.25) is 4.79 Å². The van der Waals surface area contributed by atoms with Gasteiger partial charge in [-0.05, 0) is 44.5 Å². The zero-order valence-electron chi connectivity index (χ0n) is 14.5. The summed E-state index contributed by atoms with van der Waals surface area (Å²) in [7, 11) is -1.83. The van der Waals surface area contributed by atoms with Crippen molar-refractivity contribution in [2.75, 3.05) is 13.1 Å². The van der Waals surface area contributed by atoms with Gasteiger partial charge in [0.2, 0.25) is 0 Å². The fraction of sp³-hybridized carbons (Fsp3) is 0.812. The Kier molecular flexibility index (Phi) is 5.25. The fourth-order valence-electron chi connectivity index (χ4n) is 2.42. The van der Waals surface area contributed by atoms with Crippen LogP contribution in [-0.4, -0.2) is 38.2 Å². The Morgan fingerprint density at radius 3 is 2.15 bits per heavy atom. The molecule has 0 aromatic heterocycles. The third-order valence-electron chi connectivity index (χ3n) is 4.81. The predicted octanol–water partition coefficient (Wildman–Crippen LogP) is 3.97. The Morgan fingerprint density at radius 1 is 1.25 bits per heavy atom. The number of carbonyl (C=O) groups excluding carboxylic acids is 1. The van der Waals surface area contributed by atoms with E-state index >= 15 is 0 Å². The quantitative estimate of drug-likeness (QED) is 0.719. The number of allylic oxidation sites excluding steroid dienone is 1. The molecule has 116 valence electrons. The largest absolute Gasteiger partial charge is 0.410 e. The van der Waals surface area contributed by atoms with Crippen molar-refractivity contribution in [3.8, 4) is 0 Å². The molecule has 1 aliphatic carbocycles. The topological polar surface area (TPSA) is 29.5 Å². The van der Waals surface area contributed by atoms with E-state index in [1.807, 2.05) is 0 Å². The normalized spacial score (nSPS) is 20.8. The molecule has 0 bridgehead atoms. The van der Waals surface area contributed by atoms with Gasteiger partial charge in [0.05, 0.1) is 11.8 Å². The highest BCUT2D eigenvalue weighted by Crippen LogP contribution is 2.40. The van der Waals surface area contributed by atoms with Crippen LogP contribution >= 0.6 is 0 Å². The Labute approximate surface area is 125 Å². The highest BCUT2D eigenvalue weighted by molar-refractivity contribution is 6.74. The van der Waals surface area contributed by atoms with Gasteiger partial charge in [0.1, 0.15) is 0 Å². The van der Waals surface area contributed by atoms with Crippen molar-refractivity contribution in [2.24, 2.45) is 0 Å². The summed E-state index contributed by atoms with van der Waals surface area (Å²) in [5.41, 5.74) is 2.03. The molecule has 0 aliphatic heterocycles. The van der Waals surface area contributed by atoms with Crippen LogP contribution in [0.25, 0.3) is 0 Å². The number of hydrogen-bond acceptors (Lipinski definition) is 3. The molecule has 0 saturated carbocycles. The van der Waals surface area contributed by atoms with Gasteiger partial charge in [-0.25, -0.2) is 0 Å². The van der Waals surface area contributed by atoms with E-state index in [1.54, 1.807) is 0 Å². The molecule has 1 rings (SSSR count). The summed E-state index contributed by atoms with van der Waals surface area (Å²) < 4.78 is 6.45. The monoisotopic (exact) mass is 297 g/mol. The Hall–Kier alpha value is -0.613. The highest BCUT2D eigenvalue weighted by atomic mass is 28.4. The van der Waals surface area contributed by atoms with Crippen molar-refractivity contribution in [3.05, 3.63) is 11.3 Å². The van der Waals surface area contributed by atoms with Gasteiger partial charge in [-0.2, -0.15) is 0 Å². The maximum absolute atomic E-state index is 12.3. The van der Waals surface area contributed by atoms with Gasteiger partial charge < -0.3 is 9.33 Å². The summed E-state index contributed by atoms with van der Waals surface area (Å²) in [5.74, 6) is 0.245. The van der Waals surface area contributed by atoms with Crippen LogP contribution in [0.4, 0.5) is 0 Å². The lowest BCUT2D eigenvalue weighted by Crippen LogP contribution is -2.43. The maximum atomic E-state index is 12.3. The lowest BCUT2D eigenvalue weighted by atomic mass is 10.2. The molecule has 0 unspecified atom stereocenters. The molecule has 4 heteroatoms. The van der Waals surface area contributed by atoms with Crippen LogP contribution in [0.1, 0.15) is 48.0 Å². The van der Waals surface area contributed by atoms with Crippen molar-refractivity contribution < 1.29 is 9.22 Å². The molecule has 1 atom stereocenters. The first kappa shape index (κ1) is 17.4. The zero-order valence-corrected chi connectivity index (χ0v) is 15.5. The second-order valence-electron chi connectivity index (χ2n) is 7.20. The van der Waals surface area contributed by atoms with E-state index in [0.29, 0.717) is 6.42 Å². The molecular weight excluding hydrogens is 266 g/mol. The number of rotatable bonds is 5. The Bertz CT molecular complexity index is 403. The van der Waals surface area contributed by atoms with Crippen LogP contribution in [-0.2, 0) is 9.22 Å². The number of likely N-dealkylation sites (N-methyl/N-ethyl adjacent to an activating group) is 1. The van der Waals surface area contributed by atoms with E-state index in [1.165, 1.54) is 0 Å². The summed E-state index contributed by atoms with van der Waals surface area (Å²) in [6, 6.07) is 0. The van der Waals surface area contributed by atoms with E-state index in [0.717, 1.165) is 24.4 Å². The summed E-state index contributed by atoms with van der Waals surface area (Å²) in [5, 5.41) is 0.175. The number of ketones is 1. The highest BCUT2D eigenvalue weighted by Gasteiger charge is 2.42. The van der Waals surface area contributed by atoms with E-state index in [9.17, 15) is 4.79 Å². The van der Waals surface area contributed by atoms with Gasteiger partial charge in [0.15, 0.2) is 14.1 Å². The molecular formula is C16H31NO2Si. The average Bonchev–Trinajstić information content (AvgIpc) is 2.56. The van der Waals surface area contributed by atoms with Gasteiger partial charge in [-0.15, -0.1) is 0 Å². The summed E-state index contributed by atoms with van der Waals surface area (Å²) in [4.78, 5) is 14.5. The SMILES string of the molecule is CCN(CC)C1=C(C)[C@H](O[Si](C)(C)C(C)(C)C)CC1=O. The van der Waals surface area contributed by atoms with Crippen molar-refractivity contribution in [1.82, 2.24) is 4.90 Å². The van der Waals surface area contributed by atoms with Crippen molar-refractivity contribution in [3.63, 3.8) is 0 Å². The van der Waals surface area contributed by atoms with Crippen LogP contribution in [0, 0.1) is 0 Å². The second kappa shape index (κ2) is 6.02. The summed E-state index contributed by atoms with van der Waals surface area (Å²) >= 11 is 0. The predicted molar refractivity (Wildman–Crippen MR) is 87.3 cm³/mol. The second-order valence-corrected chi connectivity index (χ2v) is 12.0. The zero-order chi connectivity index (χ0) is 15.7. The molecule has 0 N–H and O–H groups in total. The van der Waals surface area contributed by atoms with Crippen molar-refractivity contribution in [2.45, 2.75) is 72.2 Å². The van der Waals surface area contributed by atoms with Gasteiger partial charge >= 0.3 is 0 Å².